The molecule has 0 radical (unpaired) electrons. The molecule has 0 amide bonds. The van der Waals surface area contributed by atoms with E-state index in [4.69, 9.17) is 16.9 Å². The highest BCUT2D eigenvalue weighted by molar-refractivity contribution is 6.32. The minimum absolute atomic E-state index is 0.359. The number of hydrogen-bond donors (Lipinski definition) is 0. The minimum atomic E-state index is 0.359. The van der Waals surface area contributed by atoms with Gasteiger partial charge in [0.1, 0.15) is 6.07 Å². The van der Waals surface area contributed by atoms with Crippen molar-refractivity contribution in [1.82, 2.24) is 0 Å². The van der Waals surface area contributed by atoms with Gasteiger partial charge in [0.25, 0.3) is 0 Å². The molecule has 0 aliphatic rings. The van der Waals surface area contributed by atoms with E-state index >= 15 is 0 Å². The molecular formula is C15H17ClN2. The summed E-state index contributed by atoms with van der Waals surface area (Å²) in [6.45, 7) is 4.14. The summed E-state index contributed by atoms with van der Waals surface area (Å²) in [6, 6.07) is 6.37. The van der Waals surface area contributed by atoms with E-state index < -0.39 is 0 Å². The molecule has 1 aromatic rings. The first-order valence-corrected chi connectivity index (χ1v) is 6.67. The molecule has 2 nitrogen and oxygen atoms in total. The van der Waals surface area contributed by atoms with Crippen LogP contribution >= 0.6 is 11.6 Å². The Bertz CT molecular complexity index is 507. The van der Waals surface area contributed by atoms with Gasteiger partial charge in [0.15, 0.2) is 0 Å². The fourth-order valence-corrected chi connectivity index (χ4v) is 2.53. The van der Waals surface area contributed by atoms with E-state index in [1.807, 2.05) is 6.07 Å². The average molecular weight is 261 g/mol. The van der Waals surface area contributed by atoms with Crippen molar-refractivity contribution in [2.45, 2.75) is 46.0 Å². The molecule has 0 spiro atoms. The van der Waals surface area contributed by atoms with Crippen molar-refractivity contribution in [3.8, 4) is 12.1 Å². The fourth-order valence-electron chi connectivity index (χ4n) is 2.15. The van der Waals surface area contributed by atoms with Crippen LogP contribution in [-0.4, -0.2) is 0 Å². The molecular weight excluding hydrogens is 244 g/mol. The predicted octanol–water partition coefficient (Wildman–Crippen LogP) is 4.18. The topological polar surface area (TPSA) is 47.6 Å². The van der Waals surface area contributed by atoms with Crippen LogP contribution in [0.2, 0.25) is 5.02 Å². The number of rotatable bonds is 5. The first-order valence-electron chi connectivity index (χ1n) is 6.29. The van der Waals surface area contributed by atoms with Crippen LogP contribution in [-0.2, 0) is 19.3 Å². The number of nitriles is 2. The Morgan fingerprint density at radius 1 is 1.11 bits per heavy atom. The SMILES string of the molecule is CCCc1cc(CC#N)c(CCC)c(Cl)c1C#N. The third kappa shape index (κ3) is 3.03. The van der Waals surface area contributed by atoms with Gasteiger partial charge in [-0.15, -0.1) is 0 Å². The number of halogens is 1. The fraction of sp³-hybridized carbons (Fsp3) is 0.467. The zero-order valence-corrected chi connectivity index (χ0v) is 11.6. The maximum atomic E-state index is 9.24. The number of benzene rings is 1. The van der Waals surface area contributed by atoms with Crippen molar-refractivity contribution in [3.63, 3.8) is 0 Å². The lowest BCUT2D eigenvalue weighted by molar-refractivity contribution is 0.887. The summed E-state index contributed by atoms with van der Waals surface area (Å²) >= 11 is 6.34. The first kappa shape index (κ1) is 14.6. The molecule has 0 fully saturated rings. The zero-order valence-electron chi connectivity index (χ0n) is 10.9. The molecule has 0 saturated carbocycles. The average Bonchev–Trinajstić information content (AvgIpc) is 2.35. The van der Waals surface area contributed by atoms with E-state index in [2.05, 4.69) is 26.0 Å². The van der Waals surface area contributed by atoms with Crippen molar-refractivity contribution in [2.75, 3.05) is 0 Å². The van der Waals surface area contributed by atoms with Crippen LogP contribution in [0.5, 0.6) is 0 Å². The monoisotopic (exact) mass is 260 g/mol. The molecule has 0 aromatic heterocycles. The Morgan fingerprint density at radius 2 is 1.78 bits per heavy atom. The Kier molecular flexibility index (Phi) is 5.69. The summed E-state index contributed by atoms with van der Waals surface area (Å²) in [6.07, 6.45) is 3.92. The number of aryl methyl sites for hydroxylation is 1. The molecule has 0 atom stereocenters. The summed E-state index contributed by atoms with van der Waals surface area (Å²) in [5.41, 5.74) is 3.50. The maximum Gasteiger partial charge on any atom is 0.101 e. The zero-order chi connectivity index (χ0) is 13.5. The smallest absolute Gasteiger partial charge is 0.101 e. The van der Waals surface area contributed by atoms with Gasteiger partial charge in [-0.1, -0.05) is 44.4 Å². The van der Waals surface area contributed by atoms with E-state index in [1.54, 1.807) is 0 Å². The second-order valence-corrected chi connectivity index (χ2v) is 4.69. The van der Waals surface area contributed by atoms with Crippen LogP contribution in [0, 0.1) is 22.7 Å². The summed E-state index contributed by atoms with van der Waals surface area (Å²) in [5.74, 6) is 0. The van der Waals surface area contributed by atoms with Gasteiger partial charge >= 0.3 is 0 Å². The van der Waals surface area contributed by atoms with Crippen molar-refractivity contribution in [2.24, 2.45) is 0 Å². The lowest BCUT2D eigenvalue weighted by atomic mass is 9.92. The van der Waals surface area contributed by atoms with Crippen LogP contribution in [0.1, 0.15) is 48.9 Å². The Labute approximate surface area is 114 Å². The second-order valence-electron chi connectivity index (χ2n) is 4.31. The second kappa shape index (κ2) is 7.04. The highest BCUT2D eigenvalue weighted by Crippen LogP contribution is 2.30. The molecule has 1 rings (SSSR count). The third-order valence-corrected chi connectivity index (χ3v) is 3.36. The van der Waals surface area contributed by atoms with E-state index in [-0.39, 0.29) is 0 Å². The lowest BCUT2D eigenvalue weighted by Crippen LogP contribution is -2.02. The Balaban J connectivity index is 3.42. The molecule has 0 bridgehead atoms. The predicted molar refractivity (Wildman–Crippen MR) is 73.5 cm³/mol. The third-order valence-electron chi connectivity index (χ3n) is 2.94. The summed E-state index contributed by atoms with van der Waals surface area (Å²) < 4.78 is 0. The summed E-state index contributed by atoms with van der Waals surface area (Å²) in [7, 11) is 0. The molecule has 18 heavy (non-hydrogen) atoms. The van der Waals surface area contributed by atoms with Gasteiger partial charge in [0, 0.05) is 0 Å². The molecule has 3 heteroatoms. The molecule has 0 heterocycles. The number of nitrogens with zero attached hydrogens (tertiary/aromatic N) is 2. The van der Waals surface area contributed by atoms with Crippen molar-refractivity contribution in [1.29, 1.82) is 10.5 Å². The first-order chi connectivity index (χ1) is 8.69. The van der Waals surface area contributed by atoms with Crippen molar-refractivity contribution < 1.29 is 0 Å². The molecule has 0 aliphatic heterocycles. The number of hydrogen-bond acceptors (Lipinski definition) is 2. The van der Waals surface area contributed by atoms with E-state index in [0.717, 1.165) is 42.4 Å². The standard InChI is InChI=1S/C15H17ClN2/c1-3-5-11-9-12(7-8-17)13(6-4-2)15(16)14(11)10-18/h9H,3-7H2,1-2H3. The van der Waals surface area contributed by atoms with E-state index in [0.29, 0.717) is 17.0 Å². The van der Waals surface area contributed by atoms with E-state index in [9.17, 15) is 5.26 Å². The molecule has 0 aliphatic carbocycles. The van der Waals surface area contributed by atoms with Crippen LogP contribution in [0.25, 0.3) is 0 Å². The quantitative estimate of drug-likeness (QED) is 0.797. The molecule has 1 aromatic carbocycles. The summed E-state index contributed by atoms with van der Waals surface area (Å²) in [5, 5.41) is 18.7. The Hall–Kier alpha value is -1.51. The van der Waals surface area contributed by atoms with Gasteiger partial charge in [0.05, 0.1) is 23.1 Å². The molecule has 0 saturated heterocycles. The van der Waals surface area contributed by atoms with Gasteiger partial charge in [-0.3, -0.25) is 0 Å². The van der Waals surface area contributed by atoms with Gasteiger partial charge in [-0.2, -0.15) is 10.5 Å². The highest BCUT2D eigenvalue weighted by Gasteiger charge is 2.15. The molecule has 94 valence electrons. The summed E-state index contributed by atoms with van der Waals surface area (Å²) in [4.78, 5) is 0. The minimum Gasteiger partial charge on any atom is -0.198 e. The maximum absolute atomic E-state index is 9.24. The van der Waals surface area contributed by atoms with Crippen molar-refractivity contribution >= 4 is 11.6 Å². The normalized spacial score (nSPS) is 9.83. The van der Waals surface area contributed by atoms with E-state index in [1.165, 1.54) is 0 Å². The molecule has 0 N–H and O–H groups in total. The van der Waals surface area contributed by atoms with Crippen molar-refractivity contribution in [3.05, 3.63) is 33.3 Å². The lowest BCUT2D eigenvalue weighted by Gasteiger charge is -2.14. The van der Waals surface area contributed by atoms with Crippen LogP contribution < -0.4 is 0 Å². The van der Waals surface area contributed by atoms with Gasteiger partial charge in [-0.25, -0.2) is 0 Å². The van der Waals surface area contributed by atoms with Gasteiger partial charge < -0.3 is 0 Å². The van der Waals surface area contributed by atoms with Gasteiger partial charge in [0.2, 0.25) is 0 Å². The van der Waals surface area contributed by atoms with Crippen LogP contribution in [0.3, 0.4) is 0 Å². The molecule has 0 unspecified atom stereocenters. The van der Waals surface area contributed by atoms with Crippen LogP contribution in [0.4, 0.5) is 0 Å². The Morgan fingerprint density at radius 3 is 2.28 bits per heavy atom. The van der Waals surface area contributed by atoms with Crippen LogP contribution in [0.15, 0.2) is 6.07 Å². The largest absolute Gasteiger partial charge is 0.198 e. The highest BCUT2D eigenvalue weighted by atomic mass is 35.5. The van der Waals surface area contributed by atoms with Gasteiger partial charge in [-0.05, 0) is 29.5 Å².